The number of para-hydroxylation sites is 1. The average molecular weight is 559 g/mol. The molecule has 0 aromatic heterocycles. The summed E-state index contributed by atoms with van der Waals surface area (Å²) in [6, 6.07) is 30.7. The topological polar surface area (TPSA) is 84.5 Å². The Morgan fingerprint density at radius 2 is 1.45 bits per heavy atom. The third-order valence-electron chi connectivity index (χ3n) is 6.51. The maximum atomic E-state index is 13.4. The molecule has 6 heteroatoms. The molecule has 4 aromatic carbocycles. The predicted octanol–water partition coefficient (Wildman–Crippen LogP) is 7.51. The van der Waals surface area contributed by atoms with Gasteiger partial charge in [-0.25, -0.2) is 0 Å². The molecular weight excluding hydrogens is 524 g/mol. The molecule has 6 nitrogen and oxygen atoms in total. The number of rotatable bonds is 11. The molecule has 4 rings (SSSR count). The zero-order chi connectivity index (χ0) is 29.9. The summed E-state index contributed by atoms with van der Waals surface area (Å²) in [5.41, 5.74) is 4.25. The van der Waals surface area contributed by atoms with Crippen molar-refractivity contribution in [2.75, 3.05) is 11.9 Å². The number of ketones is 1. The molecule has 0 unspecified atom stereocenters. The van der Waals surface area contributed by atoms with Crippen LogP contribution in [0.3, 0.4) is 0 Å². The Hall–Kier alpha value is -5.23. The molecule has 42 heavy (non-hydrogen) atoms. The third-order valence-corrected chi connectivity index (χ3v) is 6.51. The number of hydrogen-bond donors (Lipinski definition) is 2. The van der Waals surface area contributed by atoms with E-state index in [2.05, 4.69) is 36.6 Å². The molecule has 2 N–H and O–H groups in total. The van der Waals surface area contributed by atoms with Gasteiger partial charge in [-0.3, -0.25) is 14.4 Å². The Morgan fingerprint density at radius 1 is 0.786 bits per heavy atom. The van der Waals surface area contributed by atoms with Gasteiger partial charge in [0.15, 0.2) is 5.78 Å². The summed E-state index contributed by atoms with van der Waals surface area (Å²) in [6.45, 7) is 6.60. The number of anilines is 1. The Kier molecular flexibility index (Phi) is 10.2. The lowest BCUT2D eigenvalue weighted by Crippen LogP contribution is -2.30. The largest absolute Gasteiger partial charge is 0.493 e. The number of hydrogen-bond acceptors (Lipinski definition) is 4. The zero-order valence-corrected chi connectivity index (χ0v) is 24.0. The molecule has 0 bridgehead atoms. The lowest BCUT2D eigenvalue weighted by molar-refractivity contribution is -0.113. The highest BCUT2D eigenvalue weighted by Gasteiger charge is 2.16. The van der Waals surface area contributed by atoms with Gasteiger partial charge in [-0.2, -0.15) is 0 Å². The van der Waals surface area contributed by atoms with E-state index < -0.39 is 11.8 Å². The van der Waals surface area contributed by atoms with Crippen molar-refractivity contribution in [2.24, 2.45) is 0 Å². The van der Waals surface area contributed by atoms with Crippen molar-refractivity contribution >= 4 is 35.4 Å². The van der Waals surface area contributed by atoms with E-state index in [0.29, 0.717) is 40.7 Å². The molecule has 0 spiro atoms. The van der Waals surface area contributed by atoms with Gasteiger partial charge >= 0.3 is 0 Å². The van der Waals surface area contributed by atoms with Crippen molar-refractivity contribution in [1.82, 2.24) is 5.32 Å². The average Bonchev–Trinajstić information content (AvgIpc) is 3.01. The standard InChI is InChI=1S/C36H34N2O4/c1-4-42-34-13-9-8-12-30(34)24-32(38-35(40)29-10-6-5-7-11-29)36(41)37-31-21-19-28(20-22-31)33(39)23-16-26-14-17-27(18-15-26)25(2)3/h5-25H,4H2,1-3H3,(H,37,41)(H,38,40)/b23-16+,32-24-. The fraction of sp³-hybridized carbons (Fsp3) is 0.139. The summed E-state index contributed by atoms with van der Waals surface area (Å²) >= 11 is 0. The maximum Gasteiger partial charge on any atom is 0.272 e. The monoisotopic (exact) mass is 558 g/mol. The minimum Gasteiger partial charge on any atom is -0.493 e. The van der Waals surface area contributed by atoms with Gasteiger partial charge in [-0.1, -0.05) is 80.6 Å². The van der Waals surface area contributed by atoms with E-state index in [4.69, 9.17) is 4.74 Å². The van der Waals surface area contributed by atoms with E-state index in [1.807, 2.05) is 37.3 Å². The van der Waals surface area contributed by atoms with Crippen LogP contribution in [0.1, 0.15) is 64.1 Å². The maximum absolute atomic E-state index is 13.4. The van der Waals surface area contributed by atoms with Crippen LogP contribution in [0.25, 0.3) is 12.2 Å². The number of ether oxygens (including phenoxy) is 1. The van der Waals surface area contributed by atoms with E-state index in [1.165, 1.54) is 11.6 Å². The van der Waals surface area contributed by atoms with Crippen molar-refractivity contribution < 1.29 is 19.1 Å². The van der Waals surface area contributed by atoms with Crippen molar-refractivity contribution in [3.63, 3.8) is 0 Å². The summed E-state index contributed by atoms with van der Waals surface area (Å²) in [5.74, 6) is -0.0526. The number of nitrogens with one attached hydrogen (secondary N) is 2. The van der Waals surface area contributed by atoms with E-state index in [9.17, 15) is 14.4 Å². The molecule has 0 radical (unpaired) electrons. The smallest absolute Gasteiger partial charge is 0.272 e. The molecule has 212 valence electrons. The molecule has 0 saturated carbocycles. The van der Waals surface area contributed by atoms with Gasteiger partial charge in [0, 0.05) is 22.4 Å². The van der Waals surface area contributed by atoms with Crippen molar-refractivity contribution in [3.8, 4) is 5.75 Å². The van der Waals surface area contributed by atoms with Gasteiger partial charge in [0.2, 0.25) is 0 Å². The number of carbonyl (C=O) groups excluding carboxylic acids is 3. The van der Waals surface area contributed by atoms with Crippen molar-refractivity contribution in [2.45, 2.75) is 26.7 Å². The van der Waals surface area contributed by atoms with Crippen LogP contribution in [0.2, 0.25) is 0 Å². The lowest BCUT2D eigenvalue weighted by atomic mass is 10.0. The van der Waals surface area contributed by atoms with Crippen LogP contribution in [-0.2, 0) is 4.79 Å². The Bertz CT molecular complexity index is 1590. The minimum absolute atomic E-state index is 0.0441. The van der Waals surface area contributed by atoms with Crippen LogP contribution >= 0.6 is 0 Å². The van der Waals surface area contributed by atoms with E-state index in [0.717, 1.165) is 5.56 Å². The van der Waals surface area contributed by atoms with Gasteiger partial charge in [-0.05, 0) is 78.6 Å². The Morgan fingerprint density at radius 3 is 2.12 bits per heavy atom. The van der Waals surface area contributed by atoms with E-state index >= 15 is 0 Å². The third kappa shape index (κ3) is 8.15. The molecule has 0 fully saturated rings. The molecular formula is C36H34N2O4. The second-order valence-corrected chi connectivity index (χ2v) is 9.90. The van der Waals surface area contributed by atoms with Crippen LogP contribution < -0.4 is 15.4 Å². The van der Waals surface area contributed by atoms with Crippen LogP contribution in [0.5, 0.6) is 5.75 Å². The summed E-state index contributed by atoms with van der Waals surface area (Å²) < 4.78 is 5.70. The number of amides is 2. The Labute approximate surface area is 246 Å². The summed E-state index contributed by atoms with van der Waals surface area (Å²) in [7, 11) is 0. The highest BCUT2D eigenvalue weighted by atomic mass is 16.5. The predicted molar refractivity (Wildman–Crippen MR) is 168 cm³/mol. The molecule has 0 aliphatic rings. The first kappa shape index (κ1) is 29.7. The fourth-order valence-corrected chi connectivity index (χ4v) is 4.16. The van der Waals surface area contributed by atoms with Crippen LogP contribution in [-0.4, -0.2) is 24.2 Å². The zero-order valence-electron chi connectivity index (χ0n) is 24.0. The number of allylic oxidation sites excluding steroid dienone is 1. The molecule has 2 amide bonds. The first-order valence-electron chi connectivity index (χ1n) is 13.9. The molecule has 0 aliphatic carbocycles. The van der Waals surface area contributed by atoms with Gasteiger partial charge in [0.25, 0.3) is 11.8 Å². The lowest BCUT2D eigenvalue weighted by Gasteiger charge is -2.13. The highest BCUT2D eigenvalue weighted by Crippen LogP contribution is 2.22. The van der Waals surface area contributed by atoms with Crippen LogP contribution in [0.15, 0.2) is 115 Å². The minimum atomic E-state index is -0.519. The number of benzene rings is 4. The molecule has 4 aromatic rings. The van der Waals surface area contributed by atoms with Crippen LogP contribution in [0.4, 0.5) is 5.69 Å². The molecule has 0 saturated heterocycles. The Balaban J connectivity index is 1.50. The first-order chi connectivity index (χ1) is 20.3. The highest BCUT2D eigenvalue weighted by molar-refractivity contribution is 6.11. The summed E-state index contributed by atoms with van der Waals surface area (Å²) in [5, 5.41) is 5.55. The van der Waals surface area contributed by atoms with Crippen LogP contribution in [0, 0.1) is 0 Å². The fourth-order valence-electron chi connectivity index (χ4n) is 4.16. The second-order valence-electron chi connectivity index (χ2n) is 9.90. The van der Waals surface area contributed by atoms with Gasteiger partial charge in [0.05, 0.1) is 6.61 Å². The van der Waals surface area contributed by atoms with Gasteiger partial charge < -0.3 is 15.4 Å². The van der Waals surface area contributed by atoms with E-state index in [1.54, 1.807) is 72.8 Å². The van der Waals surface area contributed by atoms with Crippen molar-refractivity contribution in [1.29, 1.82) is 0 Å². The SMILES string of the molecule is CCOc1ccccc1/C=C(\NC(=O)c1ccccc1)C(=O)Nc1ccc(C(=O)/C=C/c2ccc(C(C)C)cc2)cc1. The normalized spacial score (nSPS) is 11.4. The molecule has 0 heterocycles. The molecule has 0 aliphatic heterocycles. The van der Waals surface area contributed by atoms with Crippen molar-refractivity contribution in [3.05, 3.63) is 143 Å². The second kappa shape index (κ2) is 14.4. The summed E-state index contributed by atoms with van der Waals surface area (Å²) in [4.78, 5) is 39.1. The molecule has 0 atom stereocenters. The first-order valence-corrected chi connectivity index (χ1v) is 13.9. The summed E-state index contributed by atoms with van der Waals surface area (Å²) in [6.07, 6.45) is 4.90. The van der Waals surface area contributed by atoms with E-state index in [-0.39, 0.29) is 11.5 Å². The van der Waals surface area contributed by atoms with Gasteiger partial charge in [-0.15, -0.1) is 0 Å². The number of carbonyl (C=O) groups is 3. The van der Waals surface area contributed by atoms with Gasteiger partial charge in [0.1, 0.15) is 11.4 Å². The quantitative estimate of drug-likeness (QED) is 0.147.